The zero-order valence-corrected chi connectivity index (χ0v) is 18.5. The third-order valence-corrected chi connectivity index (χ3v) is 6.69. The van der Waals surface area contributed by atoms with E-state index in [0.717, 1.165) is 23.4 Å². The summed E-state index contributed by atoms with van der Waals surface area (Å²) in [5.74, 6) is 0.298. The standard InChI is InChI=1S/C25H21FN6O3/c26-14-5-6-32-20(11-27-22(32)9-14)16-1-2-18(23-17(16)10-28-24(23)33)29-21-4-3-19-25(30-21)35-13-15-12-34-8-7-31(15)19/h1-6,9,11,15H,7-8,10,12-13H2,(H,28,33)(H,29,30)/t15-/m1/s1/i9D. The van der Waals surface area contributed by atoms with Gasteiger partial charge in [-0.1, -0.05) is 6.07 Å². The molecule has 3 aliphatic rings. The second-order valence-electron chi connectivity index (χ2n) is 8.70. The number of hydrogen-bond donors (Lipinski definition) is 2. The van der Waals surface area contributed by atoms with E-state index in [2.05, 4.69) is 25.5 Å². The van der Waals surface area contributed by atoms with Gasteiger partial charge in [0.1, 0.15) is 29.6 Å². The fraction of sp³-hybridized carbons (Fsp3) is 0.240. The number of ether oxygens (including phenoxy) is 2. The molecule has 7 rings (SSSR count). The molecular weight excluding hydrogens is 451 g/mol. The molecule has 0 unspecified atom stereocenters. The molecule has 0 bridgehead atoms. The molecule has 1 fully saturated rings. The summed E-state index contributed by atoms with van der Waals surface area (Å²) >= 11 is 0. The molecule has 1 saturated heterocycles. The smallest absolute Gasteiger partial charge is 0.254 e. The molecule has 35 heavy (non-hydrogen) atoms. The molecule has 10 heteroatoms. The van der Waals surface area contributed by atoms with Gasteiger partial charge in [0.2, 0.25) is 5.88 Å². The van der Waals surface area contributed by atoms with Crippen LogP contribution in [0.3, 0.4) is 0 Å². The van der Waals surface area contributed by atoms with Crippen LogP contribution >= 0.6 is 0 Å². The van der Waals surface area contributed by atoms with Crippen molar-refractivity contribution in [3.63, 3.8) is 0 Å². The van der Waals surface area contributed by atoms with Gasteiger partial charge >= 0.3 is 0 Å². The molecule has 0 aliphatic carbocycles. The minimum atomic E-state index is -0.632. The van der Waals surface area contributed by atoms with Gasteiger partial charge in [-0.15, -0.1) is 0 Å². The highest BCUT2D eigenvalue weighted by atomic mass is 19.1. The molecule has 4 aromatic rings. The van der Waals surface area contributed by atoms with Crippen molar-refractivity contribution >= 4 is 28.7 Å². The van der Waals surface area contributed by atoms with E-state index in [4.69, 9.17) is 10.8 Å². The summed E-state index contributed by atoms with van der Waals surface area (Å²) in [6, 6.07) is 8.73. The molecule has 2 N–H and O–H groups in total. The summed E-state index contributed by atoms with van der Waals surface area (Å²) < 4.78 is 34.9. The van der Waals surface area contributed by atoms with Crippen LogP contribution in [0.4, 0.5) is 21.6 Å². The first kappa shape index (κ1) is 19.2. The zero-order valence-electron chi connectivity index (χ0n) is 19.5. The fourth-order valence-electron chi connectivity index (χ4n) is 5.03. The number of imidazole rings is 1. The maximum atomic E-state index is 13.9. The van der Waals surface area contributed by atoms with Crippen molar-refractivity contribution in [1.82, 2.24) is 19.7 Å². The Hall–Kier alpha value is -4.18. The Morgan fingerprint density at radius 3 is 3.11 bits per heavy atom. The highest BCUT2D eigenvalue weighted by Crippen LogP contribution is 2.38. The number of carbonyl (C=O) groups is 1. The first-order valence-electron chi connectivity index (χ1n) is 11.9. The van der Waals surface area contributed by atoms with E-state index >= 15 is 0 Å². The van der Waals surface area contributed by atoms with E-state index in [9.17, 15) is 9.18 Å². The lowest BCUT2D eigenvalue weighted by Gasteiger charge is -2.40. The quantitative estimate of drug-likeness (QED) is 0.472. The third kappa shape index (κ3) is 3.21. The van der Waals surface area contributed by atoms with Crippen molar-refractivity contribution in [3.8, 4) is 17.1 Å². The molecule has 6 heterocycles. The lowest BCUT2D eigenvalue weighted by molar-refractivity contribution is 0.0693. The minimum Gasteiger partial charge on any atom is -0.474 e. The van der Waals surface area contributed by atoms with Gasteiger partial charge in [0.05, 0.1) is 43.8 Å². The SMILES string of the molecule is [2H]c1c(F)ccn2c(-c3ccc(Nc4ccc5c(n4)OC[C@H]4COCCN54)c4c3CNC4=O)cnc12. The van der Waals surface area contributed by atoms with Gasteiger partial charge in [-0.25, -0.2) is 9.37 Å². The highest BCUT2D eigenvalue weighted by Gasteiger charge is 2.32. The third-order valence-electron chi connectivity index (χ3n) is 6.69. The van der Waals surface area contributed by atoms with E-state index in [0.29, 0.717) is 55.0 Å². The number of anilines is 3. The summed E-state index contributed by atoms with van der Waals surface area (Å²) in [7, 11) is 0. The normalized spacial score (nSPS) is 18.9. The van der Waals surface area contributed by atoms with Gasteiger partial charge in [-0.2, -0.15) is 4.98 Å². The number of morpholine rings is 1. The number of carbonyl (C=O) groups excluding carboxylic acids is 1. The average Bonchev–Trinajstić information content (AvgIpc) is 3.51. The summed E-state index contributed by atoms with van der Waals surface area (Å²) in [6.07, 6.45) is 3.14. The maximum Gasteiger partial charge on any atom is 0.254 e. The average molecular weight is 473 g/mol. The molecule has 3 aromatic heterocycles. The number of nitrogens with one attached hydrogen (secondary N) is 2. The Balaban J connectivity index is 1.26. The molecular formula is C25H21FN6O3. The summed E-state index contributed by atoms with van der Waals surface area (Å²) in [6.45, 7) is 2.97. The fourth-order valence-corrected chi connectivity index (χ4v) is 5.03. The Kier molecular flexibility index (Phi) is 4.20. The Morgan fingerprint density at radius 2 is 2.17 bits per heavy atom. The van der Waals surface area contributed by atoms with Gasteiger partial charge in [0.25, 0.3) is 5.91 Å². The summed E-state index contributed by atoms with van der Waals surface area (Å²) in [5, 5.41) is 6.18. The van der Waals surface area contributed by atoms with Crippen LogP contribution in [0.1, 0.15) is 17.3 Å². The number of fused-ring (bicyclic) bond motifs is 5. The number of nitrogens with zero attached hydrogens (tertiary/aromatic N) is 4. The second kappa shape index (κ2) is 7.67. The number of hydrogen-bond acceptors (Lipinski definition) is 7. The number of rotatable bonds is 3. The zero-order chi connectivity index (χ0) is 24.4. The van der Waals surface area contributed by atoms with Crippen molar-refractivity contribution in [1.29, 1.82) is 0 Å². The van der Waals surface area contributed by atoms with Gasteiger partial charge in [0, 0.05) is 30.9 Å². The van der Waals surface area contributed by atoms with E-state index in [1.54, 1.807) is 16.8 Å². The van der Waals surface area contributed by atoms with Crippen LogP contribution in [0.25, 0.3) is 16.9 Å². The lowest BCUT2D eigenvalue weighted by atomic mass is 9.99. The number of aromatic nitrogens is 3. The van der Waals surface area contributed by atoms with Crippen LogP contribution in [0.15, 0.2) is 48.8 Å². The van der Waals surface area contributed by atoms with Crippen molar-refractivity contribution < 1.29 is 20.0 Å². The molecule has 1 amide bonds. The molecule has 1 atom stereocenters. The second-order valence-corrected chi connectivity index (χ2v) is 8.70. The van der Waals surface area contributed by atoms with Gasteiger partial charge in [-0.05, 0) is 29.8 Å². The number of halogens is 1. The predicted octanol–water partition coefficient (Wildman–Crippen LogP) is 3.12. The van der Waals surface area contributed by atoms with Crippen molar-refractivity contribution in [2.24, 2.45) is 0 Å². The maximum absolute atomic E-state index is 13.9. The molecule has 176 valence electrons. The van der Waals surface area contributed by atoms with Gasteiger partial charge in [0.15, 0.2) is 0 Å². The monoisotopic (exact) mass is 473 g/mol. The topological polar surface area (TPSA) is 93.0 Å². The molecule has 0 saturated carbocycles. The van der Waals surface area contributed by atoms with Crippen LogP contribution in [0, 0.1) is 5.82 Å². The Bertz CT molecular complexity index is 1560. The van der Waals surface area contributed by atoms with Crippen LogP contribution in [0.2, 0.25) is 0 Å². The van der Waals surface area contributed by atoms with Gasteiger partial charge in [-0.3, -0.25) is 9.20 Å². The number of pyridine rings is 2. The highest BCUT2D eigenvalue weighted by molar-refractivity contribution is 6.06. The van der Waals surface area contributed by atoms with Crippen LogP contribution in [-0.2, 0) is 11.3 Å². The first-order valence-corrected chi connectivity index (χ1v) is 11.4. The van der Waals surface area contributed by atoms with Gasteiger partial charge < -0.3 is 25.0 Å². The number of amides is 1. The minimum absolute atomic E-state index is 0.189. The molecule has 1 aromatic carbocycles. The van der Waals surface area contributed by atoms with Crippen LogP contribution in [-0.4, -0.2) is 52.7 Å². The van der Waals surface area contributed by atoms with E-state index in [1.165, 1.54) is 6.07 Å². The largest absolute Gasteiger partial charge is 0.474 e. The van der Waals surface area contributed by atoms with E-state index in [1.807, 2.05) is 24.3 Å². The van der Waals surface area contributed by atoms with Crippen molar-refractivity contribution in [2.75, 3.05) is 36.6 Å². The number of benzene rings is 1. The molecule has 0 spiro atoms. The van der Waals surface area contributed by atoms with E-state index < -0.39 is 5.82 Å². The molecule has 9 nitrogen and oxygen atoms in total. The summed E-state index contributed by atoms with van der Waals surface area (Å²) in [4.78, 5) is 24.0. The Morgan fingerprint density at radius 1 is 1.23 bits per heavy atom. The molecule has 0 radical (unpaired) electrons. The summed E-state index contributed by atoms with van der Waals surface area (Å²) in [5.41, 5.74) is 4.57. The van der Waals surface area contributed by atoms with Crippen LogP contribution < -0.4 is 20.3 Å². The van der Waals surface area contributed by atoms with Crippen molar-refractivity contribution in [3.05, 3.63) is 65.7 Å². The van der Waals surface area contributed by atoms with Crippen molar-refractivity contribution in [2.45, 2.75) is 12.6 Å². The molecule has 3 aliphatic heterocycles. The van der Waals surface area contributed by atoms with Crippen LogP contribution in [0.5, 0.6) is 5.88 Å². The Labute approximate surface area is 200 Å². The van der Waals surface area contributed by atoms with E-state index in [-0.39, 0.29) is 23.6 Å². The lowest BCUT2D eigenvalue weighted by Crippen LogP contribution is -2.51. The predicted molar refractivity (Wildman–Crippen MR) is 127 cm³/mol. The first-order chi connectivity index (χ1) is 17.6.